The fourth-order valence-electron chi connectivity index (χ4n) is 1.58. The molecule has 16 heavy (non-hydrogen) atoms. The lowest BCUT2D eigenvalue weighted by molar-refractivity contribution is 0.522. The van der Waals surface area contributed by atoms with Gasteiger partial charge < -0.3 is 5.73 Å². The zero-order chi connectivity index (χ0) is 12.2. The fraction of sp³-hybridized carbons (Fsp3) is 0.545. The Hall–Kier alpha value is -1.10. The Balaban J connectivity index is 2.99. The summed E-state index contributed by atoms with van der Waals surface area (Å²) in [6, 6.07) is 3.19. The summed E-state index contributed by atoms with van der Waals surface area (Å²) in [6.07, 6.45) is 3.15. The normalized spacial score (nSPS) is 11.9. The van der Waals surface area contributed by atoms with Crippen molar-refractivity contribution in [2.45, 2.75) is 31.7 Å². The molecule has 0 unspecified atom stereocenters. The van der Waals surface area contributed by atoms with E-state index in [9.17, 15) is 8.42 Å². The van der Waals surface area contributed by atoms with E-state index in [0.29, 0.717) is 0 Å². The van der Waals surface area contributed by atoms with E-state index in [4.69, 9.17) is 5.73 Å². The second kappa shape index (κ2) is 5.30. The first-order valence-electron chi connectivity index (χ1n) is 5.44. The number of nitrogens with zero attached hydrogens (tertiary/aromatic N) is 1. The highest BCUT2D eigenvalue weighted by Crippen LogP contribution is 2.20. The minimum absolute atomic E-state index is 0.0156. The number of nitrogen functional groups attached to an aromatic ring is 1. The number of nitrogens with two attached hydrogens (primary N) is 1. The van der Waals surface area contributed by atoms with Gasteiger partial charge in [-0.05, 0) is 18.1 Å². The molecule has 0 amide bonds. The molecule has 1 aromatic rings. The maximum absolute atomic E-state index is 12.0. The third-order valence-corrected chi connectivity index (χ3v) is 4.55. The van der Waals surface area contributed by atoms with Gasteiger partial charge in [-0.2, -0.15) is 0 Å². The molecule has 2 N–H and O–H groups in total. The van der Waals surface area contributed by atoms with Crippen molar-refractivity contribution in [3.05, 3.63) is 18.3 Å². The summed E-state index contributed by atoms with van der Waals surface area (Å²) in [4.78, 5) is 3.86. The van der Waals surface area contributed by atoms with E-state index in [1.54, 1.807) is 12.1 Å². The van der Waals surface area contributed by atoms with Crippen molar-refractivity contribution in [3.63, 3.8) is 0 Å². The van der Waals surface area contributed by atoms with Crippen LogP contribution < -0.4 is 5.73 Å². The van der Waals surface area contributed by atoms with Crippen LogP contribution in [0.5, 0.6) is 0 Å². The standard InChI is InChI=1S/C11H18N2O2S/c1-3-9(4-2)8-16(14,15)11-10(12)6-5-7-13-11/h5-7,9H,3-4,8,12H2,1-2H3. The van der Waals surface area contributed by atoms with Crippen LogP contribution in [0.15, 0.2) is 23.4 Å². The van der Waals surface area contributed by atoms with Crippen LogP contribution in [-0.2, 0) is 9.84 Å². The zero-order valence-corrected chi connectivity index (χ0v) is 10.5. The predicted octanol–water partition coefficient (Wildman–Crippen LogP) is 1.87. The van der Waals surface area contributed by atoms with Gasteiger partial charge in [-0.1, -0.05) is 26.7 Å². The molecule has 5 heteroatoms. The summed E-state index contributed by atoms with van der Waals surface area (Å²) in [5.74, 6) is 0.299. The molecule has 0 aromatic carbocycles. The second-order valence-electron chi connectivity index (χ2n) is 3.86. The maximum atomic E-state index is 12.0. The molecule has 0 aliphatic carbocycles. The van der Waals surface area contributed by atoms with Gasteiger partial charge in [-0.3, -0.25) is 0 Å². The monoisotopic (exact) mass is 242 g/mol. The van der Waals surface area contributed by atoms with E-state index in [0.717, 1.165) is 12.8 Å². The largest absolute Gasteiger partial charge is 0.396 e. The molecule has 0 aliphatic rings. The summed E-state index contributed by atoms with van der Waals surface area (Å²) in [5, 5.41) is 0.0156. The van der Waals surface area contributed by atoms with Crippen molar-refractivity contribution in [2.24, 2.45) is 5.92 Å². The van der Waals surface area contributed by atoms with E-state index in [1.165, 1.54) is 6.20 Å². The summed E-state index contributed by atoms with van der Waals surface area (Å²) in [7, 11) is -3.35. The highest BCUT2D eigenvalue weighted by Gasteiger charge is 2.22. The molecular weight excluding hydrogens is 224 g/mol. The molecule has 0 saturated heterocycles. The van der Waals surface area contributed by atoms with E-state index in [2.05, 4.69) is 4.98 Å². The molecule has 0 aliphatic heterocycles. The first-order valence-corrected chi connectivity index (χ1v) is 7.09. The quantitative estimate of drug-likeness (QED) is 0.855. The lowest BCUT2D eigenvalue weighted by Crippen LogP contribution is -2.17. The van der Waals surface area contributed by atoms with Crippen LogP contribution in [0.2, 0.25) is 0 Å². The number of sulfone groups is 1. The van der Waals surface area contributed by atoms with Crippen LogP contribution in [0, 0.1) is 5.92 Å². The SMILES string of the molecule is CCC(CC)CS(=O)(=O)c1ncccc1N. The van der Waals surface area contributed by atoms with Gasteiger partial charge >= 0.3 is 0 Å². The number of pyridine rings is 1. The Labute approximate surface area is 96.8 Å². The topological polar surface area (TPSA) is 73.0 Å². The smallest absolute Gasteiger partial charge is 0.197 e. The van der Waals surface area contributed by atoms with Crippen molar-refractivity contribution in [1.29, 1.82) is 0 Å². The Morgan fingerprint density at radius 1 is 1.38 bits per heavy atom. The number of aromatic nitrogens is 1. The molecule has 1 aromatic heterocycles. The van der Waals surface area contributed by atoms with Gasteiger partial charge in [0.25, 0.3) is 0 Å². The molecule has 4 nitrogen and oxygen atoms in total. The number of rotatable bonds is 5. The molecule has 0 bridgehead atoms. The van der Waals surface area contributed by atoms with Crippen molar-refractivity contribution < 1.29 is 8.42 Å². The minimum Gasteiger partial charge on any atom is -0.396 e. The van der Waals surface area contributed by atoms with Crippen molar-refractivity contribution in [3.8, 4) is 0 Å². The van der Waals surface area contributed by atoms with Crippen LogP contribution in [0.4, 0.5) is 5.69 Å². The molecule has 1 heterocycles. The Morgan fingerprint density at radius 3 is 2.50 bits per heavy atom. The summed E-state index contributed by atoms with van der Waals surface area (Å²) < 4.78 is 24.1. The van der Waals surface area contributed by atoms with Gasteiger partial charge in [0.05, 0.1) is 11.4 Å². The van der Waals surface area contributed by atoms with Crippen LogP contribution in [-0.4, -0.2) is 19.2 Å². The lowest BCUT2D eigenvalue weighted by Gasteiger charge is -2.12. The average Bonchev–Trinajstić information content (AvgIpc) is 2.26. The van der Waals surface area contributed by atoms with E-state index in [1.807, 2.05) is 13.8 Å². The van der Waals surface area contributed by atoms with Gasteiger partial charge in [0.15, 0.2) is 14.9 Å². The van der Waals surface area contributed by atoms with Gasteiger partial charge in [0.2, 0.25) is 0 Å². The number of hydrogen-bond donors (Lipinski definition) is 1. The second-order valence-corrected chi connectivity index (χ2v) is 5.81. The molecule has 1 rings (SSSR count). The maximum Gasteiger partial charge on any atom is 0.197 e. The highest BCUT2D eigenvalue weighted by molar-refractivity contribution is 7.91. The van der Waals surface area contributed by atoms with Gasteiger partial charge in [0, 0.05) is 6.20 Å². The third kappa shape index (κ3) is 2.95. The molecule has 0 spiro atoms. The molecule has 90 valence electrons. The van der Waals surface area contributed by atoms with Crippen LogP contribution in [0.1, 0.15) is 26.7 Å². The van der Waals surface area contributed by atoms with E-state index in [-0.39, 0.29) is 22.4 Å². The van der Waals surface area contributed by atoms with Crippen molar-refractivity contribution in [2.75, 3.05) is 11.5 Å². The molecule has 0 saturated carbocycles. The molecule has 0 atom stereocenters. The fourth-order valence-corrected chi connectivity index (χ4v) is 3.48. The van der Waals surface area contributed by atoms with Gasteiger partial charge in [-0.15, -0.1) is 0 Å². The Bertz CT molecular complexity index is 439. The number of hydrogen-bond acceptors (Lipinski definition) is 4. The molecule has 0 radical (unpaired) electrons. The van der Waals surface area contributed by atoms with Crippen LogP contribution in [0.3, 0.4) is 0 Å². The molecule has 0 fully saturated rings. The first kappa shape index (κ1) is 13.0. The van der Waals surface area contributed by atoms with E-state index >= 15 is 0 Å². The minimum atomic E-state index is -3.35. The van der Waals surface area contributed by atoms with E-state index < -0.39 is 9.84 Å². The van der Waals surface area contributed by atoms with Gasteiger partial charge in [-0.25, -0.2) is 13.4 Å². The van der Waals surface area contributed by atoms with Crippen LogP contribution >= 0.6 is 0 Å². The van der Waals surface area contributed by atoms with Crippen LogP contribution in [0.25, 0.3) is 0 Å². The summed E-state index contributed by atoms with van der Waals surface area (Å²) >= 11 is 0. The molecular formula is C11H18N2O2S. The van der Waals surface area contributed by atoms with Crippen molar-refractivity contribution in [1.82, 2.24) is 4.98 Å². The predicted molar refractivity (Wildman–Crippen MR) is 64.8 cm³/mol. The highest BCUT2D eigenvalue weighted by atomic mass is 32.2. The first-order chi connectivity index (χ1) is 7.51. The Morgan fingerprint density at radius 2 is 2.00 bits per heavy atom. The Kier molecular flexibility index (Phi) is 4.29. The van der Waals surface area contributed by atoms with Gasteiger partial charge in [0.1, 0.15) is 0 Å². The van der Waals surface area contributed by atoms with Crippen molar-refractivity contribution >= 4 is 15.5 Å². The third-order valence-electron chi connectivity index (χ3n) is 2.70. The summed E-state index contributed by atoms with van der Waals surface area (Å²) in [6.45, 7) is 3.98. The lowest BCUT2D eigenvalue weighted by atomic mass is 10.1. The summed E-state index contributed by atoms with van der Waals surface area (Å²) in [5.41, 5.74) is 5.85. The average molecular weight is 242 g/mol. The number of anilines is 1. The zero-order valence-electron chi connectivity index (χ0n) is 9.68.